The molecule has 0 aromatic carbocycles. The summed E-state index contributed by atoms with van der Waals surface area (Å²) in [5, 5.41) is 0. The molecular formula is C15H28N2. The number of rotatable bonds is 3. The molecule has 2 bridgehead atoms. The summed E-state index contributed by atoms with van der Waals surface area (Å²) >= 11 is 0. The molecule has 0 aromatic heterocycles. The molecule has 2 nitrogen and oxygen atoms in total. The maximum Gasteiger partial charge on any atom is 0.0221 e. The molecule has 3 fully saturated rings. The maximum atomic E-state index is 5.96. The van der Waals surface area contributed by atoms with E-state index in [0.29, 0.717) is 6.04 Å². The molecule has 0 spiro atoms. The van der Waals surface area contributed by atoms with Gasteiger partial charge in [0.1, 0.15) is 0 Å². The summed E-state index contributed by atoms with van der Waals surface area (Å²) in [5.41, 5.74) is 5.96. The summed E-state index contributed by atoms with van der Waals surface area (Å²) in [7, 11) is 0. The summed E-state index contributed by atoms with van der Waals surface area (Å²) in [6.45, 7) is 5.91. The van der Waals surface area contributed by atoms with E-state index in [4.69, 9.17) is 5.73 Å². The lowest BCUT2D eigenvalue weighted by Gasteiger charge is -2.40. The molecule has 2 heteroatoms. The highest BCUT2D eigenvalue weighted by atomic mass is 15.2. The van der Waals surface area contributed by atoms with Gasteiger partial charge in [-0.1, -0.05) is 13.3 Å². The average Bonchev–Trinajstić information content (AvgIpc) is 2.93. The molecule has 5 unspecified atom stereocenters. The van der Waals surface area contributed by atoms with Crippen molar-refractivity contribution >= 4 is 0 Å². The predicted octanol–water partition coefficient (Wildman–Crippen LogP) is 2.48. The van der Waals surface area contributed by atoms with E-state index in [-0.39, 0.29) is 0 Å². The van der Waals surface area contributed by atoms with Gasteiger partial charge in [0.25, 0.3) is 0 Å². The van der Waals surface area contributed by atoms with E-state index in [1.165, 1.54) is 45.2 Å². The molecule has 17 heavy (non-hydrogen) atoms. The molecule has 98 valence electrons. The molecule has 0 radical (unpaired) electrons. The average molecular weight is 236 g/mol. The molecule has 1 aliphatic heterocycles. The van der Waals surface area contributed by atoms with Gasteiger partial charge in [0.2, 0.25) is 0 Å². The van der Waals surface area contributed by atoms with Crippen LogP contribution >= 0.6 is 0 Å². The van der Waals surface area contributed by atoms with Gasteiger partial charge in [0.15, 0.2) is 0 Å². The zero-order valence-corrected chi connectivity index (χ0v) is 11.3. The smallest absolute Gasteiger partial charge is 0.0221 e. The third kappa shape index (κ3) is 2.39. The van der Waals surface area contributed by atoms with Crippen LogP contribution in [0.5, 0.6) is 0 Å². The fraction of sp³-hybridized carbons (Fsp3) is 1.00. The standard InChI is InChI=1S/C15H28N2/c1-11-4-5-17(15(6-11)9-16)10-14-8-12-2-3-13(14)7-12/h11-15H,2-10,16H2,1H3. The van der Waals surface area contributed by atoms with E-state index >= 15 is 0 Å². The number of piperidine rings is 1. The second kappa shape index (κ2) is 4.89. The molecular weight excluding hydrogens is 208 g/mol. The van der Waals surface area contributed by atoms with Crippen molar-refractivity contribution in [1.29, 1.82) is 0 Å². The first-order valence-electron chi connectivity index (χ1n) is 7.70. The van der Waals surface area contributed by atoms with Crippen LogP contribution < -0.4 is 5.73 Å². The number of likely N-dealkylation sites (tertiary alicyclic amines) is 1. The van der Waals surface area contributed by atoms with Gasteiger partial charge in [-0.15, -0.1) is 0 Å². The molecule has 5 atom stereocenters. The molecule has 3 aliphatic rings. The minimum absolute atomic E-state index is 0.679. The van der Waals surface area contributed by atoms with E-state index in [9.17, 15) is 0 Å². The van der Waals surface area contributed by atoms with Crippen LogP contribution in [0.25, 0.3) is 0 Å². The Labute approximate surface area is 106 Å². The number of fused-ring (bicyclic) bond motifs is 2. The van der Waals surface area contributed by atoms with E-state index in [1.54, 1.807) is 6.42 Å². The lowest BCUT2D eigenvalue weighted by Crippen LogP contribution is -2.48. The second-order valence-corrected chi connectivity index (χ2v) is 6.95. The Kier molecular flexibility index (Phi) is 3.45. The first-order valence-corrected chi connectivity index (χ1v) is 7.70. The minimum Gasteiger partial charge on any atom is -0.329 e. The van der Waals surface area contributed by atoms with Crippen LogP contribution in [0.3, 0.4) is 0 Å². The van der Waals surface area contributed by atoms with Crippen molar-refractivity contribution in [3.63, 3.8) is 0 Å². The predicted molar refractivity (Wildman–Crippen MR) is 71.8 cm³/mol. The molecule has 0 amide bonds. The van der Waals surface area contributed by atoms with Crippen molar-refractivity contribution in [2.45, 2.75) is 51.5 Å². The van der Waals surface area contributed by atoms with Crippen molar-refractivity contribution in [1.82, 2.24) is 4.90 Å². The van der Waals surface area contributed by atoms with Crippen molar-refractivity contribution in [2.75, 3.05) is 19.6 Å². The van der Waals surface area contributed by atoms with E-state index < -0.39 is 0 Å². The molecule has 2 N–H and O–H groups in total. The Morgan fingerprint density at radius 1 is 1.12 bits per heavy atom. The topological polar surface area (TPSA) is 29.3 Å². The number of hydrogen-bond donors (Lipinski definition) is 1. The highest BCUT2D eigenvalue weighted by Gasteiger charge is 2.41. The van der Waals surface area contributed by atoms with Gasteiger partial charge in [-0.05, 0) is 62.3 Å². The summed E-state index contributed by atoms with van der Waals surface area (Å²) in [6, 6.07) is 0.679. The van der Waals surface area contributed by atoms with Crippen LogP contribution in [-0.4, -0.2) is 30.6 Å². The summed E-state index contributed by atoms with van der Waals surface area (Å²) in [5.74, 6) is 4.05. The van der Waals surface area contributed by atoms with Gasteiger partial charge in [0.05, 0.1) is 0 Å². The molecule has 0 aromatic rings. The van der Waals surface area contributed by atoms with E-state index in [2.05, 4.69) is 11.8 Å². The van der Waals surface area contributed by atoms with E-state index in [0.717, 1.165) is 30.2 Å². The number of hydrogen-bond acceptors (Lipinski definition) is 2. The molecule has 2 aliphatic carbocycles. The van der Waals surface area contributed by atoms with Gasteiger partial charge >= 0.3 is 0 Å². The summed E-state index contributed by atoms with van der Waals surface area (Å²) in [4.78, 5) is 2.73. The highest BCUT2D eigenvalue weighted by molar-refractivity contribution is 4.93. The largest absolute Gasteiger partial charge is 0.329 e. The van der Waals surface area contributed by atoms with Crippen LogP contribution in [0, 0.1) is 23.7 Å². The Bertz CT molecular complexity index is 266. The van der Waals surface area contributed by atoms with Crippen LogP contribution in [0.15, 0.2) is 0 Å². The molecule has 2 saturated carbocycles. The fourth-order valence-electron chi connectivity index (χ4n) is 4.69. The van der Waals surface area contributed by atoms with Gasteiger partial charge in [-0.2, -0.15) is 0 Å². The Morgan fingerprint density at radius 2 is 2.00 bits per heavy atom. The highest BCUT2D eigenvalue weighted by Crippen LogP contribution is 2.48. The van der Waals surface area contributed by atoms with Gasteiger partial charge in [0, 0.05) is 19.1 Å². The van der Waals surface area contributed by atoms with Crippen LogP contribution in [0.4, 0.5) is 0 Å². The monoisotopic (exact) mass is 236 g/mol. The minimum atomic E-state index is 0.679. The van der Waals surface area contributed by atoms with Crippen LogP contribution in [0.1, 0.15) is 45.4 Å². The fourth-order valence-corrected chi connectivity index (χ4v) is 4.69. The van der Waals surface area contributed by atoms with Gasteiger partial charge in [-0.25, -0.2) is 0 Å². The first-order chi connectivity index (χ1) is 8.26. The zero-order valence-electron chi connectivity index (χ0n) is 11.3. The lowest BCUT2D eigenvalue weighted by atomic mass is 9.86. The third-order valence-electron chi connectivity index (χ3n) is 5.73. The van der Waals surface area contributed by atoms with Crippen molar-refractivity contribution in [3.05, 3.63) is 0 Å². The Hall–Kier alpha value is -0.0800. The van der Waals surface area contributed by atoms with E-state index in [1.807, 2.05) is 0 Å². The summed E-state index contributed by atoms with van der Waals surface area (Å²) in [6.07, 6.45) is 8.83. The number of nitrogens with zero attached hydrogens (tertiary/aromatic N) is 1. The number of nitrogens with two attached hydrogens (primary N) is 1. The van der Waals surface area contributed by atoms with Crippen molar-refractivity contribution in [3.8, 4) is 0 Å². The van der Waals surface area contributed by atoms with Crippen LogP contribution in [-0.2, 0) is 0 Å². The Morgan fingerprint density at radius 3 is 2.65 bits per heavy atom. The SMILES string of the molecule is CC1CCN(CC2CC3CCC2C3)C(CN)C1. The van der Waals surface area contributed by atoms with Gasteiger partial charge < -0.3 is 5.73 Å². The third-order valence-corrected chi connectivity index (χ3v) is 5.73. The quantitative estimate of drug-likeness (QED) is 0.815. The zero-order chi connectivity index (χ0) is 11.8. The maximum absolute atomic E-state index is 5.96. The van der Waals surface area contributed by atoms with Crippen molar-refractivity contribution in [2.24, 2.45) is 29.4 Å². The lowest BCUT2D eigenvalue weighted by molar-refractivity contribution is 0.0897. The van der Waals surface area contributed by atoms with Crippen molar-refractivity contribution < 1.29 is 0 Å². The molecule has 3 rings (SSSR count). The Balaban J connectivity index is 1.57. The molecule has 1 saturated heterocycles. The summed E-state index contributed by atoms with van der Waals surface area (Å²) < 4.78 is 0. The van der Waals surface area contributed by atoms with Crippen LogP contribution in [0.2, 0.25) is 0 Å². The molecule has 1 heterocycles. The van der Waals surface area contributed by atoms with Gasteiger partial charge in [-0.3, -0.25) is 4.90 Å². The normalized spacial score (nSPS) is 46.6. The first kappa shape index (κ1) is 12.0. The second-order valence-electron chi connectivity index (χ2n) is 6.95.